The fourth-order valence-corrected chi connectivity index (χ4v) is 3.65. The van der Waals surface area contributed by atoms with Crippen molar-refractivity contribution in [1.29, 1.82) is 0 Å². The molecule has 0 spiro atoms. The Bertz CT molecular complexity index is 904. The van der Waals surface area contributed by atoms with E-state index in [1.807, 2.05) is 12.1 Å². The Labute approximate surface area is 174 Å². The molecule has 0 aromatic heterocycles. The van der Waals surface area contributed by atoms with Crippen LogP contribution in [0.25, 0.3) is 0 Å². The number of hydrogen-bond acceptors (Lipinski definition) is 6. The maximum atomic E-state index is 10.8. The second-order valence-electron chi connectivity index (χ2n) is 6.48. The van der Waals surface area contributed by atoms with Crippen LogP contribution in [0.3, 0.4) is 0 Å². The number of fused-ring (bicyclic) bond motifs is 1. The number of ether oxygens (including phenoxy) is 3. The van der Waals surface area contributed by atoms with Crippen LogP contribution in [0.5, 0.6) is 17.2 Å². The predicted octanol–water partition coefficient (Wildman–Crippen LogP) is 3.09. The highest BCUT2D eigenvalue weighted by molar-refractivity contribution is 7.80. The van der Waals surface area contributed by atoms with E-state index in [1.165, 1.54) is 12.1 Å². The zero-order chi connectivity index (χ0) is 21.0. The van der Waals surface area contributed by atoms with Crippen molar-refractivity contribution in [3.05, 3.63) is 57.6 Å². The van der Waals surface area contributed by atoms with E-state index >= 15 is 0 Å². The molecule has 2 aromatic carbocycles. The number of benzene rings is 2. The van der Waals surface area contributed by atoms with Crippen molar-refractivity contribution >= 4 is 23.0 Å². The van der Waals surface area contributed by atoms with E-state index in [-0.39, 0.29) is 11.7 Å². The molecule has 0 amide bonds. The molecule has 2 aromatic rings. The summed E-state index contributed by atoms with van der Waals surface area (Å²) < 4.78 is 16.9. The van der Waals surface area contributed by atoms with Gasteiger partial charge in [-0.1, -0.05) is 0 Å². The summed E-state index contributed by atoms with van der Waals surface area (Å²) in [5, 5.41) is 14.5. The molecule has 1 aliphatic rings. The molecule has 9 heteroatoms. The molecule has 1 N–H and O–H groups in total. The van der Waals surface area contributed by atoms with E-state index in [1.54, 1.807) is 33.4 Å². The van der Waals surface area contributed by atoms with Crippen LogP contribution in [-0.4, -0.2) is 49.4 Å². The quantitative estimate of drug-likeness (QED) is 0.436. The van der Waals surface area contributed by atoms with E-state index in [4.69, 9.17) is 26.4 Å². The van der Waals surface area contributed by atoms with Gasteiger partial charge in [0.05, 0.1) is 25.2 Å². The lowest BCUT2D eigenvalue weighted by molar-refractivity contribution is -0.384. The van der Waals surface area contributed by atoms with Gasteiger partial charge in [0, 0.05) is 25.7 Å². The molecule has 0 aliphatic carbocycles. The first-order valence-electron chi connectivity index (χ1n) is 9.09. The summed E-state index contributed by atoms with van der Waals surface area (Å²) in [7, 11) is 5.01. The Hall–Kier alpha value is -3.07. The molecule has 8 nitrogen and oxygen atoms in total. The van der Waals surface area contributed by atoms with Crippen LogP contribution in [0, 0.1) is 10.1 Å². The summed E-state index contributed by atoms with van der Waals surface area (Å²) in [6.45, 7) is 1.05. The highest BCUT2D eigenvalue weighted by Gasteiger charge is 2.31. The molecule has 0 fully saturated rings. The summed E-state index contributed by atoms with van der Waals surface area (Å²) in [6.07, 6.45) is 0.811. The topological polar surface area (TPSA) is 86.1 Å². The molecule has 1 unspecified atom stereocenters. The fraction of sp³-hybridized carbons (Fsp3) is 0.350. The van der Waals surface area contributed by atoms with Crippen molar-refractivity contribution in [3.63, 3.8) is 0 Å². The zero-order valence-electron chi connectivity index (χ0n) is 16.5. The second kappa shape index (κ2) is 8.95. The van der Waals surface area contributed by atoms with E-state index in [9.17, 15) is 10.1 Å². The van der Waals surface area contributed by atoms with Crippen LogP contribution in [0.4, 0.5) is 5.69 Å². The van der Waals surface area contributed by atoms with Crippen molar-refractivity contribution in [2.75, 3.05) is 34.4 Å². The number of non-ortho nitro benzene ring substituents is 1. The Morgan fingerprint density at radius 3 is 2.48 bits per heavy atom. The van der Waals surface area contributed by atoms with Crippen molar-refractivity contribution in [1.82, 2.24) is 10.2 Å². The second-order valence-corrected chi connectivity index (χ2v) is 6.87. The Balaban J connectivity index is 1.90. The summed E-state index contributed by atoms with van der Waals surface area (Å²) >= 11 is 5.50. The average molecular weight is 417 g/mol. The molecule has 0 radical (unpaired) electrons. The van der Waals surface area contributed by atoms with Crippen molar-refractivity contribution in [2.45, 2.75) is 12.5 Å². The van der Waals surface area contributed by atoms with Gasteiger partial charge >= 0.3 is 0 Å². The highest BCUT2D eigenvalue weighted by atomic mass is 32.1. The van der Waals surface area contributed by atoms with Gasteiger partial charge in [-0.3, -0.25) is 10.1 Å². The molecule has 154 valence electrons. The monoisotopic (exact) mass is 417 g/mol. The minimum atomic E-state index is -0.437. The summed E-state index contributed by atoms with van der Waals surface area (Å²) in [6, 6.07) is 9.85. The molecular formula is C20H23N3O5S. The van der Waals surface area contributed by atoms with Gasteiger partial charge in [0.1, 0.15) is 12.4 Å². The third-order valence-corrected chi connectivity index (χ3v) is 5.37. The van der Waals surface area contributed by atoms with Gasteiger partial charge in [-0.15, -0.1) is 0 Å². The first kappa shape index (κ1) is 20.7. The van der Waals surface area contributed by atoms with Gasteiger partial charge in [0.2, 0.25) is 0 Å². The molecule has 0 bridgehead atoms. The van der Waals surface area contributed by atoms with Gasteiger partial charge in [-0.2, -0.15) is 0 Å². The third-order valence-electron chi connectivity index (χ3n) is 4.93. The van der Waals surface area contributed by atoms with E-state index in [0.29, 0.717) is 29.0 Å². The van der Waals surface area contributed by atoms with Crippen LogP contribution < -0.4 is 19.5 Å². The number of nitrogens with one attached hydrogen (secondary N) is 1. The normalized spacial score (nSPS) is 15.3. The van der Waals surface area contributed by atoms with Gasteiger partial charge in [0.15, 0.2) is 16.6 Å². The maximum Gasteiger partial charge on any atom is 0.269 e. The van der Waals surface area contributed by atoms with E-state index in [0.717, 1.165) is 24.1 Å². The average Bonchev–Trinajstić information content (AvgIpc) is 2.75. The lowest BCUT2D eigenvalue weighted by Crippen LogP contribution is -2.46. The van der Waals surface area contributed by atoms with E-state index in [2.05, 4.69) is 10.2 Å². The van der Waals surface area contributed by atoms with Gasteiger partial charge in [0.25, 0.3) is 5.69 Å². The number of rotatable bonds is 6. The summed E-state index contributed by atoms with van der Waals surface area (Å²) in [4.78, 5) is 12.5. The molecule has 29 heavy (non-hydrogen) atoms. The molecule has 3 rings (SSSR count). The van der Waals surface area contributed by atoms with Crippen LogP contribution in [-0.2, 0) is 6.42 Å². The van der Waals surface area contributed by atoms with E-state index < -0.39 is 4.92 Å². The summed E-state index contributed by atoms with van der Waals surface area (Å²) in [5.41, 5.74) is 2.22. The molecule has 1 aliphatic heterocycles. The van der Waals surface area contributed by atoms with Crippen LogP contribution in [0.15, 0.2) is 36.4 Å². The Morgan fingerprint density at radius 2 is 1.90 bits per heavy atom. The SMILES string of the molecule is CNC(=S)N1CCc2cc(OC)c(OC)cc2C1COc1ccc([N+](=O)[O-])cc1. The first-order chi connectivity index (χ1) is 14.0. The zero-order valence-corrected chi connectivity index (χ0v) is 17.3. The molecule has 0 saturated carbocycles. The number of methoxy groups -OCH3 is 2. The number of thiocarbonyl (C=S) groups is 1. The fourth-order valence-electron chi connectivity index (χ4n) is 3.43. The number of nitrogens with zero attached hydrogens (tertiary/aromatic N) is 2. The number of nitro benzene ring substituents is 1. The van der Waals surface area contributed by atoms with Crippen LogP contribution in [0.2, 0.25) is 0 Å². The minimum Gasteiger partial charge on any atom is -0.493 e. The van der Waals surface area contributed by atoms with Crippen molar-refractivity contribution in [2.24, 2.45) is 0 Å². The minimum absolute atomic E-state index is 0.0233. The van der Waals surface area contributed by atoms with Gasteiger partial charge < -0.3 is 24.4 Å². The molecule has 1 atom stereocenters. The van der Waals surface area contributed by atoms with Crippen molar-refractivity contribution in [3.8, 4) is 17.2 Å². The van der Waals surface area contributed by atoms with Crippen LogP contribution >= 0.6 is 12.2 Å². The Kier molecular flexibility index (Phi) is 6.38. The smallest absolute Gasteiger partial charge is 0.269 e. The van der Waals surface area contributed by atoms with Gasteiger partial charge in [-0.05, 0) is 54.0 Å². The Morgan fingerprint density at radius 1 is 1.24 bits per heavy atom. The lowest BCUT2D eigenvalue weighted by Gasteiger charge is -2.38. The van der Waals surface area contributed by atoms with Crippen molar-refractivity contribution < 1.29 is 19.1 Å². The van der Waals surface area contributed by atoms with Crippen LogP contribution in [0.1, 0.15) is 17.2 Å². The standard InChI is InChI=1S/C20H23N3O5S/c1-21-20(29)22-9-8-13-10-18(26-2)19(27-3)11-16(13)17(22)12-28-15-6-4-14(5-7-15)23(24)25/h4-7,10-11,17H,8-9,12H2,1-3H3,(H,21,29). The molecule has 0 saturated heterocycles. The molecule has 1 heterocycles. The largest absolute Gasteiger partial charge is 0.493 e. The highest BCUT2D eigenvalue weighted by Crippen LogP contribution is 2.38. The summed E-state index contributed by atoms with van der Waals surface area (Å²) in [5.74, 6) is 1.88. The number of nitro groups is 1. The van der Waals surface area contributed by atoms with Gasteiger partial charge in [-0.25, -0.2) is 0 Å². The third kappa shape index (κ3) is 4.34. The maximum absolute atomic E-state index is 10.8. The molecular weight excluding hydrogens is 394 g/mol. The first-order valence-corrected chi connectivity index (χ1v) is 9.49. The lowest BCUT2D eigenvalue weighted by atomic mass is 9.92. The predicted molar refractivity (Wildman–Crippen MR) is 113 cm³/mol. The number of hydrogen-bond donors (Lipinski definition) is 1.